The van der Waals surface area contributed by atoms with Gasteiger partial charge >= 0.3 is 6.03 Å². The summed E-state index contributed by atoms with van der Waals surface area (Å²) >= 11 is 0. The average molecular weight is 1200 g/mol. The molecule has 10 aliphatic rings. The van der Waals surface area contributed by atoms with E-state index in [0.29, 0.717) is 30.5 Å². The number of urea groups is 1. The molecule has 6 saturated heterocycles. The van der Waals surface area contributed by atoms with Crippen molar-refractivity contribution in [2.45, 2.75) is 151 Å². The van der Waals surface area contributed by atoms with Crippen LogP contribution < -0.4 is 20.0 Å². The largest absolute Gasteiger partial charge is 0.423 e. The molecule has 0 radical (unpaired) electrons. The second kappa shape index (κ2) is 25.1. The monoisotopic (exact) mass is 1200 g/mol. The van der Waals surface area contributed by atoms with E-state index < -0.39 is 0 Å². The highest BCUT2D eigenvalue weighted by Crippen LogP contribution is 2.52. The summed E-state index contributed by atoms with van der Waals surface area (Å²) in [7, 11) is 5.76. The van der Waals surface area contributed by atoms with Gasteiger partial charge in [0.05, 0.1) is 6.04 Å². The standard InChI is InChI=1S/C26H30N4O2.C24H33FN4O2.C21H31N3O.H2/c1-19(31)30-18-26(21-6-2-4-8-23(21)30)12-16-28(17-13-26)20-10-14-29(15-11-20)25-27-22-7-3-5-9-24(22)32-25;1-26(2)23(31)29-16-24(20-15-18(25)5-6-21(20)29)9-13-27(14-10-24)19-7-11-28(12-8-19)22(30)17-3-4-17;1-16(25)22-20-15-21(19-6-4-3-5-18(19)20)9-13-24(14-10-21)17-7-11-23(2)12-8-17;/h2-9,20H,10-18H2,1H3;5-6,15,17,19H,3-4,7-14,16H2,1-2H3;3-6,17,20H,7-15H2,1-2H3,(H,22,25);1H/t;;20-;/m..0./s1. The van der Waals surface area contributed by atoms with Crippen molar-refractivity contribution in [1.82, 2.24) is 39.7 Å². The van der Waals surface area contributed by atoms with Crippen molar-refractivity contribution in [3.05, 3.63) is 119 Å². The predicted octanol–water partition coefficient (Wildman–Crippen LogP) is 10.2. The molecular weight excluding hydrogens is 1110 g/mol. The van der Waals surface area contributed by atoms with Gasteiger partial charge in [-0.1, -0.05) is 54.6 Å². The highest BCUT2D eigenvalue weighted by Gasteiger charge is 2.50. The lowest BCUT2D eigenvalue weighted by atomic mass is 9.73. The summed E-state index contributed by atoms with van der Waals surface area (Å²) in [6, 6.07) is 33.0. The van der Waals surface area contributed by atoms with Gasteiger partial charge in [-0.2, -0.15) is 4.98 Å². The smallest absolute Gasteiger partial charge is 0.323 e. The Balaban J connectivity index is 0.000000130. The summed E-state index contributed by atoms with van der Waals surface area (Å²) < 4.78 is 20.1. The Morgan fingerprint density at radius 3 is 1.70 bits per heavy atom. The number of amides is 5. The van der Waals surface area contributed by atoms with Gasteiger partial charge in [0.25, 0.3) is 6.01 Å². The Morgan fingerprint density at radius 1 is 0.591 bits per heavy atom. The first-order valence-electron chi connectivity index (χ1n) is 33.4. The van der Waals surface area contributed by atoms with Crippen LogP contribution >= 0.6 is 0 Å². The number of aromatic nitrogens is 1. The van der Waals surface area contributed by atoms with E-state index in [1.54, 1.807) is 45.0 Å². The summed E-state index contributed by atoms with van der Waals surface area (Å²) in [6.45, 7) is 17.5. The average Bonchev–Trinajstić information content (AvgIpc) is 1.66. The minimum absolute atomic E-state index is 0. The number of para-hydroxylation sites is 3. The molecule has 8 aliphatic heterocycles. The summed E-state index contributed by atoms with van der Waals surface area (Å²) in [5, 5.41) is 3.19. The first kappa shape index (κ1) is 60.5. The maximum absolute atomic E-state index is 14.2. The number of benzene rings is 4. The lowest BCUT2D eigenvalue weighted by Gasteiger charge is -2.45. The molecule has 16 nitrogen and oxygen atoms in total. The van der Waals surface area contributed by atoms with E-state index >= 15 is 0 Å². The zero-order valence-corrected chi connectivity index (χ0v) is 52.9. The van der Waals surface area contributed by atoms with E-state index in [4.69, 9.17) is 4.42 Å². The molecule has 7 fully saturated rings. The van der Waals surface area contributed by atoms with E-state index in [9.17, 15) is 23.6 Å². The van der Waals surface area contributed by atoms with Gasteiger partial charge in [0.1, 0.15) is 11.3 Å². The van der Waals surface area contributed by atoms with Crippen LogP contribution in [0.5, 0.6) is 0 Å². The number of rotatable bonds is 6. The summed E-state index contributed by atoms with van der Waals surface area (Å²) in [5.74, 6) is 0.685. The van der Waals surface area contributed by atoms with Gasteiger partial charge < -0.3 is 48.9 Å². The van der Waals surface area contributed by atoms with Crippen LogP contribution in [0.15, 0.2) is 95.4 Å². The molecule has 0 unspecified atom stereocenters. The number of hydrogen-bond donors (Lipinski definition) is 1. The van der Waals surface area contributed by atoms with Crippen LogP contribution in [0.25, 0.3) is 11.1 Å². The topological polar surface area (TPSA) is 136 Å². The number of halogens is 1. The molecule has 0 bridgehead atoms. The van der Waals surface area contributed by atoms with Crippen LogP contribution in [0.3, 0.4) is 0 Å². The number of nitrogens with zero attached hydrogens (tertiary/aromatic N) is 10. The third-order valence-corrected chi connectivity index (χ3v) is 22.6. The summed E-state index contributed by atoms with van der Waals surface area (Å²) in [4.78, 5) is 73.9. The molecule has 1 saturated carbocycles. The van der Waals surface area contributed by atoms with Crippen LogP contribution in [0.4, 0.5) is 26.6 Å². The van der Waals surface area contributed by atoms with E-state index in [1.807, 2.05) is 40.1 Å². The SMILES string of the molecule is CC(=O)N1CC2(CCN(C3CCN(c4nc5ccccc5o4)CC3)CC2)c2ccccc21.CC(=O)N[C@H]1CC2(CCN(C3CCN(C)CC3)CC2)c2ccccc21.CN(C)C(=O)N1CC2(CCN(C3CCN(C(=O)C4CC4)CC3)CC2)c2cc(F)ccc21.[HH]. The van der Waals surface area contributed by atoms with E-state index in [-0.39, 0.29) is 47.4 Å². The Kier molecular flexibility index (Phi) is 17.3. The molecule has 5 amide bonds. The van der Waals surface area contributed by atoms with Gasteiger partial charge in [-0.15, -0.1) is 0 Å². The fraction of sp³-hybridized carbons (Fsp3) is 0.592. The lowest BCUT2D eigenvalue weighted by molar-refractivity contribution is -0.134. The number of nitrogens with one attached hydrogen (secondary N) is 1. The van der Waals surface area contributed by atoms with Crippen LogP contribution in [0.2, 0.25) is 0 Å². The maximum Gasteiger partial charge on any atom is 0.323 e. The Bertz CT molecular complexity index is 3290. The van der Waals surface area contributed by atoms with Crippen LogP contribution in [0.1, 0.15) is 140 Å². The van der Waals surface area contributed by atoms with Crippen molar-refractivity contribution in [3.8, 4) is 0 Å². The number of carbonyl (C=O) groups is 4. The van der Waals surface area contributed by atoms with Crippen LogP contribution in [0, 0.1) is 11.7 Å². The van der Waals surface area contributed by atoms with Gasteiger partial charge in [0.2, 0.25) is 17.7 Å². The quantitative estimate of drug-likeness (QED) is 0.174. The number of carbonyl (C=O) groups excluding carboxylic acids is 4. The second-order valence-corrected chi connectivity index (χ2v) is 28.1. The van der Waals surface area contributed by atoms with Gasteiger partial charge in [-0.05, 0) is 214 Å². The second-order valence-electron chi connectivity index (χ2n) is 28.1. The highest BCUT2D eigenvalue weighted by atomic mass is 19.1. The summed E-state index contributed by atoms with van der Waals surface area (Å²) in [6.07, 6.45) is 16.8. The van der Waals surface area contributed by atoms with E-state index in [1.165, 1.54) is 74.6 Å². The first-order chi connectivity index (χ1) is 42.6. The number of piperidine rings is 6. The fourth-order valence-corrected chi connectivity index (χ4v) is 17.3. The van der Waals surface area contributed by atoms with Gasteiger partial charge in [0, 0.05) is 120 Å². The minimum atomic E-state index is -0.229. The Hall–Kier alpha value is -6.40. The number of hydrogen-bond acceptors (Lipinski definition) is 11. The molecule has 1 N–H and O–H groups in total. The lowest BCUT2D eigenvalue weighted by Crippen LogP contribution is -2.53. The molecule has 5 aromatic rings. The van der Waals surface area contributed by atoms with Crippen molar-refractivity contribution < 1.29 is 29.4 Å². The molecule has 9 heterocycles. The molecule has 15 rings (SSSR count). The molecule has 1 atom stereocenters. The number of oxazole rings is 1. The predicted molar refractivity (Wildman–Crippen MR) is 347 cm³/mol. The van der Waals surface area contributed by atoms with Gasteiger partial charge in [-0.3, -0.25) is 19.3 Å². The van der Waals surface area contributed by atoms with Crippen molar-refractivity contribution in [2.24, 2.45) is 5.92 Å². The third-order valence-electron chi connectivity index (χ3n) is 22.6. The van der Waals surface area contributed by atoms with Crippen molar-refractivity contribution in [3.63, 3.8) is 0 Å². The van der Waals surface area contributed by atoms with Crippen molar-refractivity contribution in [1.29, 1.82) is 0 Å². The fourth-order valence-electron chi connectivity index (χ4n) is 17.3. The number of likely N-dealkylation sites (tertiary alicyclic amines) is 5. The molecular formula is C71H96FN11O5. The van der Waals surface area contributed by atoms with Crippen LogP contribution in [-0.2, 0) is 30.6 Å². The Labute approximate surface area is 522 Å². The zero-order chi connectivity index (χ0) is 60.9. The third kappa shape index (κ3) is 12.1. The molecule has 88 heavy (non-hydrogen) atoms. The maximum atomic E-state index is 14.2. The number of fused-ring (bicyclic) bond motifs is 7. The van der Waals surface area contributed by atoms with Gasteiger partial charge in [-0.25, -0.2) is 9.18 Å². The van der Waals surface area contributed by atoms with Gasteiger partial charge in [0.15, 0.2) is 5.58 Å². The molecule has 1 aromatic heterocycles. The van der Waals surface area contributed by atoms with Crippen molar-refractivity contribution >= 4 is 52.2 Å². The van der Waals surface area contributed by atoms with E-state index in [2.05, 4.69) is 89.2 Å². The minimum Gasteiger partial charge on any atom is -0.423 e. The van der Waals surface area contributed by atoms with Crippen molar-refractivity contribution in [2.75, 3.05) is 127 Å². The Morgan fingerprint density at radius 2 is 1.11 bits per heavy atom. The highest BCUT2D eigenvalue weighted by molar-refractivity contribution is 5.95. The normalized spacial score (nSPS) is 24.0. The molecule has 472 valence electrons. The molecule has 4 aromatic carbocycles. The first-order valence-corrected chi connectivity index (χ1v) is 33.4. The zero-order valence-electron chi connectivity index (χ0n) is 52.9. The summed E-state index contributed by atoms with van der Waals surface area (Å²) in [5.41, 5.74) is 9.23. The molecule has 3 spiro atoms. The van der Waals surface area contributed by atoms with E-state index in [0.717, 1.165) is 170 Å². The molecule has 2 aliphatic carbocycles. The number of anilines is 3. The molecule has 17 heteroatoms. The van der Waals surface area contributed by atoms with Crippen LogP contribution in [-0.4, -0.2) is 189 Å².